The molecule has 1 atom stereocenters. The highest BCUT2D eigenvalue weighted by molar-refractivity contribution is 7.25. The van der Waals surface area contributed by atoms with Gasteiger partial charge in [-0.2, -0.15) is 0 Å². The molecule has 50 valence electrons. The van der Waals surface area contributed by atoms with E-state index >= 15 is 0 Å². The van der Waals surface area contributed by atoms with Gasteiger partial charge in [0.25, 0.3) is 0 Å². The molecule has 0 aliphatic heterocycles. The van der Waals surface area contributed by atoms with Crippen molar-refractivity contribution in [2.45, 2.75) is 0 Å². The second kappa shape index (κ2) is 3.20. The Morgan fingerprint density at radius 2 is 1.78 bits per heavy atom. The third kappa shape index (κ3) is 3.67. The molecule has 2 N–H and O–H groups in total. The molecular weight excluding hydrogens is 143 g/mol. The summed E-state index contributed by atoms with van der Waals surface area (Å²) < 4.78 is 0. The van der Waals surface area contributed by atoms with E-state index in [1.807, 2.05) is 0 Å². The molecule has 1 unspecified atom stereocenters. The van der Waals surface area contributed by atoms with Crippen LogP contribution in [0.15, 0.2) is 11.4 Å². The lowest BCUT2D eigenvalue weighted by atomic mass is 10.5. The Kier molecular flexibility index (Phi) is 2.88. The average Bonchev–Trinajstić information content (AvgIpc) is 1.63. The molecule has 0 bridgehead atoms. The molecule has 0 aromatic rings. The van der Waals surface area contributed by atoms with E-state index in [9.17, 15) is 9.59 Å². The van der Waals surface area contributed by atoms with Crippen LogP contribution in [0.2, 0.25) is 0 Å². The van der Waals surface area contributed by atoms with Crippen LogP contribution in [0, 0.1) is 0 Å². The summed E-state index contributed by atoms with van der Waals surface area (Å²) in [5.74, 6) is -2.51. The number of aliphatic carboxylic acids is 2. The minimum Gasteiger partial charge on any atom is -0.478 e. The van der Waals surface area contributed by atoms with E-state index in [0.717, 1.165) is 0 Å². The fraction of sp³-hybridized carbons (Fsp3) is 0. The van der Waals surface area contributed by atoms with Gasteiger partial charge in [0.05, 0.1) is 5.31 Å². The van der Waals surface area contributed by atoms with E-state index in [4.69, 9.17) is 10.2 Å². The van der Waals surface area contributed by atoms with Gasteiger partial charge in [-0.25, -0.2) is 9.59 Å². The van der Waals surface area contributed by atoms with Crippen LogP contribution in [0.25, 0.3) is 0 Å². The molecule has 0 heterocycles. The zero-order valence-electron chi connectivity index (χ0n) is 4.37. The predicted octanol–water partition coefficient (Wildman–Crippen LogP) is -0.0854. The van der Waals surface area contributed by atoms with E-state index in [1.165, 1.54) is 0 Å². The van der Waals surface area contributed by atoms with Gasteiger partial charge in [0, 0.05) is 6.08 Å². The maximum absolute atomic E-state index is 9.88. The lowest BCUT2D eigenvalue weighted by molar-refractivity contribution is -0.134. The molecule has 0 fully saturated rings. The number of rotatable bonds is 2. The van der Waals surface area contributed by atoms with Gasteiger partial charge in [0.2, 0.25) is 0 Å². The number of hydrogen-bond donors (Lipinski definition) is 2. The summed E-state index contributed by atoms with van der Waals surface area (Å²) in [6.07, 6.45) is 0.604. The molecule has 0 aliphatic rings. The SMILES string of the molecule is O=C(O)/C=C(/P)C(=O)O. The first kappa shape index (κ1) is 8.11. The highest BCUT2D eigenvalue weighted by Gasteiger charge is 2.00. The van der Waals surface area contributed by atoms with Crippen molar-refractivity contribution in [1.29, 1.82) is 0 Å². The van der Waals surface area contributed by atoms with Crippen LogP contribution in [-0.2, 0) is 9.59 Å². The Labute approximate surface area is 53.4 Å². The first-order chi connectivity index (χ1) is 4.04. The predicted molar refractivity (Wildman–Crippen MR) is 33.1 cm³/mol. The summed E-state index contributed by atoms with van der Waals surface area (Å²) in [6.45, 7) is 0. The van der Waals surface area contributed by atoms with Crippen LogP contribution in [-0.4, -0.2) is 22.2 Å². The van der Waals surface area contributed by atoms with Crippen LogP contribution in [0.3, 0.4) is 0 Å². The van der Waals surface area contributed by atoms with Gasteiger partial charge >= 0.3 is 11.9 Å². The monoisotopic (exact) mass is 148 g/mol. The zero-order valence-corrected chi connectivity index (χ0v) is 5.52. The van der Waals surface area contributed by atoms with Crippen molar-refractivity contribution < 1.29 is 19.8 Å². The Hall–Kier alpha value is -0.890. The molecule has 5 heteroatoms. The Morgan fingerprint density at radius 3 is 1.89 bits per heavy atom. The largest absolute Gasteiger partial charge is 0.478 e. The molecule has 0 aromatic heterocycles. The normalized spacial score (nSPS) is 11.0. The van der Waals surface area contributed by atoms with Gasteiger partial charge in [0.15, 0.2) is 0 Å². The van der Waals surface area contributed by atoms with Crippen molar-refractivity contribution in [2.24, 2.45) is 0 Å². The molecule has 0 aromatic carbocycles. The number of carboxylic acids is 2. The third-order valence-corrected chi connectivity index (χ3v) is 0.940. The van der Waals surface area contributed by atoms with Gasteiger partial charge < -0.3 is 10.2 Å². The lowest BCUT2D eigenvalue weighted by Crippen LogP contribution is -1.97. The van der Waals surface area contributed by atoms with Gasteiger partial charge in [-0.15, -0.1) is 0 Å². The minimum absolute atomic E-state index is 0.262. The van der Waals surface area contributed by atoms with Crippen molar-refractivity contribution in [2.75, 3.05) is 0 Å². The molecule has 0 aliphatic carbocycles. The van der Waals surface area contributed by atoms with Crippen molar-refractivity contribution in [3.05, 3.63) is 11.4 Å². The highest BCUT2D eigenvalue weighted by atomic mass is 31.0. The van der Waals surface area contributed by atoms with Crippen molar-refractivity contribution in [3.63, 3.8) is 0 Å². The summed E-state index contributed by atoms with van der Waals surface area (Å²) >= 11 is 0. The van der Waals surface area contributed by atoms with E-state index < -0.39 is 11.9 Å². The second-order valence-electron chi connectivity index (χ2n) is 1.24. The third-order valence-electron chi connectivity index (χ3n) is 0.526. The molecular formula is C4H5O4P. The Bertz CT molecular complexity index is 171. The smallest absolute Gasteiger partial charge is 0.335 e. The first-order valence-electron chi connectivity index (χ1n) is 1.97. The molecule has 0 saturated carbocycles. The van der Waals surface area contributed by atoms with Crippen LogP contribution < -0.4 is 0 Å². The zero-order chi connectivity index (χ0) is 7.44. The van der Waals surface area contributed by atoms with Crippen LogP contribution in [0.1, 0.15) is 0 Å². The molecule has 0 saturated heterocycles. The Balaban J connectivity index is 4.17. The average molecular weight is 148 g/mol. The lowest BCUT2D eigenvalue weighted by Gasteiger charge is -1.86. The summed E-state index contributed by atoms with van der Waals surface area (Å²) in [5.41, 5.74) is 0. The maximum Gasteiger partial charge on any atom is 0.335 e. The van der Waals surface area contributed by atoms with E-state index in [-0.39, 0.29) is 5.31 Å². The molecule has 0 rings (SSSR count). The van der Waals surface area contributed by atoms with E-state index in [0.29, 0.717) is 6.08 Å². The Morgan fingerprint density at radius 1 is 1.33 bits per heavy atom. The molecule has 4 nitrogen and oxygen atoms in total. The summed E-state index contributed by atoms with van der Waals surface area (Å²) in [5, 5.41) is 15.8. The van der Waals surface area contributed by atoms with Gasteiger partial charge in [-0.1, -0.05) is 9.24 Å². The topological polar surface area (TPSA) is 74.6 Å². The first-order valence-corrected chi connectivity index (χ1v) is 2.55. The molecule has 0 radical (unpaired) electrons. The van der Waals surface area contributed by atoms with E-state index in [2.05, 4.69) is 0 Å². The highest BCUT2D eigenvalue weighted by Crippen LogP contribution is 2.03. The number of carbonyl (C=O) groups is 2. The molecule has 0 amide bonds. The fourth-order valence-electron chi connectivity index (χ4n) is 0.195. The van der Waals surface area contributed by atoms with Gasteiger partial charge in [-0.05, 0) is 0 Å². The standard InChI is InChI=1S/C4H5O4P/c5-3(6)1-2(9)4(7)8/h1H,9H2,(H,5,6)(H,7,8)/b2-1+. The summed E-state index contributed by atoms with van der Waals surface area (Å²) in [6, 6.07) is 0. The summed E-state index contributed by atoms with van der Waals surface area (Å²) in [4.78, 5) is 19.6. The quantitative estimate of drug-likeness (QED) is 0.424. The van der Waals surface area contributed by atoms with E-state index in [1.54, 1.807) is 9.24 Å². The number of hydrogen-bond acceptors (Lipinski definition) is 2. The molecule has 0 spiro atoms. The van der Waals surface area contributed by atoms with Gasteiger partial charge in [-0.3, -0.25) is 0 Å². The number of carboxylic acid groups (broad SMARTS) is 2. The maximum atomic E-state index is 9.88. The minimum atomic E-state index is -1.26. The second-order valence-corrected chi connectivity index (χ2v) is 1.87. The van der Waals surface area contributed by atoms with Crippen molar-refractivity contribution in [1.82, 2.24) is 0 Å². The van der Waals surface area contributed by atoms with Crippen molar-refractivity contribution >= 4 is 21.2 Å². The van der Waals surface area contributed by atoms with Crippen LogP contribution in [0.5, 0.6) is 0 Å². The van der Waals surface area contributed by atoms with Crippen molar-refractivity contribution in [3.8, 4) is 0 Å². The van der Waals surface area contributed by atoms with Crippen LogP contribution in [0.4, 0.5) is 0 Å². The van der Waals surface area contributed by atoms with Gasteiger partial charge in [0.1, 0.15) is 0 Å². The van der Waals surface area contributed by atoms with Crippen LogP contribution >= 0.6 is 9.24 Å². The fourth-order valence-corrected chi connectivity index (χ4v) is 0.337. The molecule has 9 heavy (non-hydrogen) atoms. The summed E-state index contributed by atoms with van der Waals surface area (Å²) in [7, 11) is 1.80.